The lowest BCUT2D eigenvalue weighted by molar-refractivity contribution is -0.147. The number of methoxy groups -OCH3 is 2. The van der Waals surface area contributed by atoms with Gasteiger partial charge in [0.05, 0.1) is 14.2 Å². The van der Waals surface area contributed by atoms with Crippen LogP contribution < -0.4 is 14.2 Å². The summed E-state index contributed by atoms with van der Waals surface area (Å²) in [6, 6.07) is 19.3. The summed E-state index contributed by atoms with van der Waals surface area (Å²) in [6.45, 7) is 1.76. The van der Waals surface area contributed by atoms with Gasteiger partial charge in [0.1, 0.15) is 12.4 Å². The van der Waals surface area contributed by atoms with Crippen molar-refractivity contribution in [2.75, 3.05) is 20.8 Å². The molecule has 0 fully saturated rings. The van der Waals surface area contributed by atoms with Gasteiger partial charge in [0.25, 0.3) is 0 Å². The lowest BCUT2D eigenvalue weighted by Gasteiger charge is -2.13. The van der Waals surface area contributed by atoms with Crippen LogP contribution in [0.15, 0.2) is 66.7 Å². The van der Waals surface area contributed by atoms with Crippen molar-refractivity contribution in [3.8, 4) is 17.2 Å². The molecule has 3 aromatic carbocycles. The van der Waals surface area contributed by atoms with Crippen LogP contribution in [0.2, 0.25) is 0 Å². The Morgan fingerprint density at radius 1 is 0.806 bits per heavy atom. The summed E-state index contributed by atoms with van der Waals surface area (Å²) in [4.78, 5) is 24.5. The first-order chi connectivity index (χ1) is 15.0. The van der Waals surface area contributed by atoms with Crippen molar-refractivity contribution < 1.29 is 28.5 Å². The molecule has 160 valence electrons. The van der Waals surface area contributed by atoms with Crippen LogP contribution in [0, 0.1) is 6.92 Å². The summed E-state index contributed by atoms with van der Waals surface area (Å²) in [5.74, 6) is 1.09. The molecule has 3 rings (SSSR count). The van der Waals surface area contributed by atoms with Gasteiger partial charge in [0.15, 0.2) is 23.9 Å². The van der Waals surface area contributed by atoms with Crippen molar-refractivity contribution in [2.45, 2.75) is 13.5 Å². The third kappa shape index (κ3) is 5.63. The normalized spacial score (nSPS) is 10.3. The first-order valence-corrected chi connectivity index (χ1v) is 9.71. The van der Waals surface area contributed by atoms with E-state index in [1.54, 1.807) is 56.7 Å². The van der Waals surface area contributed by atoms with E-state index >= 15 is 0 Å². The fourth-order valence-corrected chi connectivity index (χ4v) is 2.98. The summed E-state index contributed by atoms with van der Waals surface area (Å²) in [6.07, 6.45) is 0. The van der Waals surface area contributed by atoms with E-state index in [4.69, 9.17) is 18.9 Å². The van der Waals surface area contributed by atoms with E-state index in [1.807, 2.05) is 31.2 Å². The average molecular weight is 420 g/mol. The fourth-order valence-electron chi connectivity index (χ4n) is 2.98. The van der Waals surface area contributed by atoms with Gasteiger partial charge in [-0.3, -0.25) is 4.79 Å². The lowest BCUT2D eigenvalue weighted by atomic mass is 10.0. The summed E-state index contributed by atoms with van der Waals surface area (Å²) in [5.41, 5.74) is 2.90. The van der Waals surface area contributed by atoms with E-state index in [1.165, 1.54) is 0 Å². The second kappa shape index (κ2) is 10.3. The molecule has 0 spiro atoms. The molecule has 0 saturated heterocycles. The standard InChI is InChI=1S/C25H24O6/c1-17-13-22(28-2)23(29-3)14-20(17)15-31-24(26)16-30-21-11-9-19(10-12-21)25(27)18-7-5-4-6-8-18/h4-14H,15-16H2,1-3H3. The summed E-state index contributed by atoms with van der Waals surface area (Å²) in [7, 11) is 3.12. The van der Waals surface area contributed by atoms with Crippen molar-refractivity contribution in [1.29, 1.82) is 0 Å². The smallest absolute Gasteiger partial charge is 0.344 e. The second-order valence-corrected chi connectivity index (χ2v) is 6.80. The molecule has 0 aliphatic rings. The topological polar surface area (TPSA) is 71.1 Å². The average Bonchev–Trinajstić information content (AvgIpc) is 2.82. The minimum absolute atomic E-state index is 0.0724. The Hall–Kier alpha value is -3.80. The number of carbonyl (C=O) groups is 2. The first-order valence-electron chi connectivity index (χ1n) is 9.71. The predicted molar refractivity (Wildman–Crippen MR) is 116 cm³/mol. The largest absolute Gasteiger partial charge is 0.493 e. The molecule has 0 unspecified atom stereocenters. The molecule has 0 bridgehead atoms. The zero-order chi connectivity index (χ0) is 22.2. The van der Waals surface area contributed by atoms with E-state index in [-0.39, 0.29) is 19.0 Å². The van der Waals surface area contributed by atoms with Gasteiger partial charge in [0, 0.05) is 11.1 Å². The van der Waals surface area contributed by atoms with Crippen molar-refractivity contribution in [3.63, 3.8) is 0 Å². The third-order valence-corrected chi connectivity index (χ3v) is 4.74. The van der Waals surface area contributed by atoms with Gasteiger partial charge in [-0.2, -0.15) is 0 Å². The molecule has 0 heterocycles. The molecule has 0 N–H and O–H groups in total. The van der Waals surface area contributed by atoms with Crippen molar-refractivity contribution in [1.82, 2.24) is 0 Å². The van der Waals surface area contributed by atoms with Gasteiger partial charge < -0.3 is 18.9 Å². The maximum absolute atomic E-state index is 12.4. The minimum Gasteiger partial charge on any atom is -0.493 e. The minimum atomic E-state index is -0.501. The van der Waals surface area contributed by atoms with Gasteiger partial charge in [-0.15, -0.1) is 0 Å². The van der Waals surface area contributed by atoms with Crippen molar-refractivity contribution in [2.24, 2.45) is 0 Å². The van der Waals surface area contributed by atoms with E-state index in [2.05, 4.69) is 0 Å². The van der Waals surface area contributed by atoms with Crippen LogP contribution in [0.1, 0.15) is 27.0 Å². The molecular formula is C25H24O6. The monoisotopic (exact) mass is 420 g/mol. The number of rotatable bonds is 9. The molecule has 0 aliphatic carbocycles. The van der Waals surface area contributed by atoms with Crippen LogP contribution >= 0.6 is 0 Å². The lowest BCUT2D eigenvalue weighted by Crippen LogP contribution is -2.15. The zero-order valence-corrected chi connectivity index (χ0v) is 17.7. The Morgan fingerprint density at radius 3 is 2.06 bits per heavy atom. The van der Waals surface area contributed by atoms with Gasteiger partial charge >= 0.3 is 5.97 Å². The summed E-state index contributed by atoms with van der Waals surface area (Å²) in [5, 5.41) is 0. The Balaban J connectivity index is 1.53. The van der Waals surface area contributed by atoms with Gasteiger partial charge in [0.2, 0.25) is 0 Å². The number of hydrogen-bond acceptors (Lipinski definition) is 6. The van der Waals surface area contributed by atoms with E-state index in [9.17, 15) is 9.59 Å². The van der Waals surface area contributed by atoms with Gasteiger partial charge in [-0.05, 0) is 54.4 Å². The summed E-state index contributed by atoms with van der Waals surface area (Å²) >= 11 is 0. The molecule has 6 nitrogen and oxygen atoms in total. The molecule has 6 heteroatoms. The maximum Gasteiger partial charge on any atom is 0.344 e. The number of hydrogen-bond donors (Lipinski definition) is 0. The Morgan fingerprint density at radius 2 is 1.42 bits per heavy atom. The summed E-state index contributed by atoms with van der Waals surface area (Å²) < 4.78 is 21.3. The maximum atomic E-state index is 12.4. The van der Waals surface area contributed by atoms with Crippen LogP contribution in [0.5, 0.6) is 17.2 Å². The highest BCUT2D eigenvalue weighted by atomic mass is 16.6. The Labute approximate surface area is 181 Å². The van der Waals surface area contributed by atoms with E-state index < -0.39 is 5.97 Å². The molecule has 3 aromatic rings. The van der Waals surface area contributed by atoms with Crippen LogP contribution in [0.3, 0.4) is 0 Å². The van der Waals surface area contributed by atoms with Crippen molar-refractivity contribution >= 4 is 11.8 Å². The highest BCUT2D eigenvalue weighted by Gasteiger charge is 2.12. The Bertz CT molecular complexity index is 1040. The van der Waals surface area contributed by atoms with E-state index in [0.717, 1.165) is 11.1 Å². The first kappa shape index (κ1) is 21.9. The number of aryl methyl sites for hydroxylation is 1. The molecule has 31 heavy (non-hydrogen) atoms. The van der Waals surface area contributed by atoms with Gasteiger partial charge in [-0.1, -0.05) is 30.3 Å². The fraction of sp³-hybridized carbons (Fsp3) is 0.200. The number of benzene rings is 3. The third-order valence-electron chi connectivity index (χ3n) is 4.74. The highest BCUT2D eigenvalue weighted by molar-refractivity contribution is 6.08. The molecule has 0 amide bonds. The molecule has 0 atom stereocenters. The van der Waals surface area contributed by atoms with Crippen LogP contribution in [-0.2, 0) is 16.1 Å². The number of ketones is 1. The SMILES string of the molecule is COc1cc(C)c(COC(=O)COc2ccc(C(=O)c3ccccc3)cc2)cc1OC. The van der Waals surface area contributed by atoms with Crippen LogP contribution in [-0.4, -0.2) is 32.6 Å². The van der Waals surface area contributed by atoms with Crippen LogP contribution in [0.4, 0.5) is 0 Å². The van der Waals surface area contributed by atoms with E-state index in [0.29, 0.717) is 28.4 Å². The second-order valence-electron chi connectivity index (χ2n) is 6.80. The van der Waals surface area contributed by atoms with Crippen molar-refractivity contribution in [3.05, 3.63) is 89.0 Å². The molecular weight excluding hydrogens is 396 g/mol. The molecule has 0 aromatic heterocycles. The Kier molecular flexibility index (Phi) is 7.27. The van der Waals surface area contributed by atoms with Gasteiger partial charge in [-0.25, -0.2) is 4.79 Å². The highest BCUT2D eigenvalue weighted by Crippen LogP contribution is 2.30. The molecule has 0 aliphatic heterocycles. The number of carbonyl (C=O) groups excluding carboxylic acids is 2. The molecule has 0 radical (unpaired) electrons. The number of esters is 1. The zero-order valence-electron chi connectivity index (χ0n) is 17.7. The quantitative estimate of drug-likeness (QED) is 0.378. The number of ether oxygens (including phenoxy) is 4. The predicted octanol–water partition coefficient (Wildman–Crippen LogP) is 4.37. The van der Waals surface area contributed by atoms with Crippen LogP contribution in [0.25, 0.3) is 0 Å². The molecule has 0 saturated carbocycles.